The molecule has 18 heavy (non-hydrogen) atoms. The van der Waals surface area contributed by atoms with E-state index in [2.05, 4.69) is 17.6 Å². The Labute approximate surface area is 113 Å². The first-order valence-corrected chi connectivity index (χ1v) is 7.36. The van der Waals surface area contributed by atoms with Crippen molar-refractivity contribution in [2.75, 3.05) is 18.8 Å². The molecule has 1 saturated heterocycles. The summed E-state index contributed by atoms with van der Waals surface area (Å²) in [6.45, 7) is 4.12. The number of rotatable bonds is 4. The van der Waals surface area contributed by atoms with E-state index < -0.39 is 0 Å². The molecule has 1 aliphatic heterocycles. The molecule has 2 rings (SSSR count). The Balaban J connectivity index is 1.78. The van der Waals surface area contributed by atoms with Crippen LogP contribution in [-0.4, -0.2) is 30.3 Å². The molecule has 1 aliphatic rings. The number of amides is 1. The summed E-state index contributed by atoms with van der Waals surface area (Å²) in [6.07, 6.45) is 2.02. The van der Waals surface area contributed by atoms with Crippen LogP contribution in [0.3, 0.4) is 0 Å². The molecule has 0 atom stereocenters. The van der Waals surface area contributed by atoms with Gasteiger partial charge in [0.05, 0.1) is 5.75 Å². The molecule has 0 unspecified atom stereocenters. The third-order valence-corrected chi connectivity index (χ3v) is 4.27. The molecule has 0 radical (unpaired) electrons. The van der Waals surface area contributed by atoms with Crippen LogP contribution in [0.4, 0.5) is 0 Å². The molecule has 1 aromatic carbocycles. The second kappa shape index (κ2) is 6.25. The highest BCUT2D eigenvalue weighted by Crippen LogP contribution is 2.19. The summed E-state index contributed by atoms with van der Waals surface area (Å²) in [5.41, 5.74) is -0.0282. The third-order valence-electron chi connectivity index (χ3n) is 3.26. The van der Waals surface area contributed by atoms with Crippen molar-refractivity contribution in [2.45, 2.75) is 30.2 Å². The minimum absolute atomic E-state index is 0.0282. The van der Waals surface area contributed by atoms with Crippen molar-refractivity contribution in [1.29, 1.82) is 0 Å². The topological polar surface area (TPSA) is 41.1 Å². The van der Waals surface area contributed by atoms with Crippen LogP contribution in [0.2, 0.25) is 0 Å². The monoisotopic (exact) mass is 264 g/mol. The Hall–Kier alpha value is -1.00. The van der Waals surface area contributed by atoms with Crippen LogP contribution in [0, 0.1) is 0 Å². The van der Waals surface area contributed by atoms with Gasteiger partial charge in [0.1, 0.15) is 0 Å². The van der Waals surface area contributed by atoms with Crippen molar-refractivity contribution in [1.82, 2.24) is 10.6 Å². The first kappa shape index (κ1) is 13.4. The molecule has 0 bridgehead atoms. The summed E-state index contributed by atoms with van der Waals surface area (Å²) in [5, 5.41) is 6.48. The number of carbonyl (C=O) groups is 1. The number of nitrogens with one attached hydrogen (secondary N) is 2. The first-order chi connectivity index (χ1) is 8.68. The van der Waals surface area contributed by atoms with Crippen LogP contribution in [0.5, 0.6) is 0 Å². The molecule has 3 nitrogen and oxygen atoms in total. The van der Waals surface area contributed by atoms with Gasteiger partial charge in [0, 0.05) is 10.4 Å². The maximum Gasteiger partial charge on any atom is 0.230 e. The number of benzene rings is 1. The zero-order valence-electron chi connectivity index (χ0n) is 10.7. The van der Waals surface area contributed by atoms with Crippen LogP contribution in [0.15, 0.2) is 35.2 Å². The van der Waals surface area contributed by atoms with E-state index in [0.29, 0.717) is 5.75 Å². The molecule has 0 spiro atoms. The third kappa shape index (κ3) is 4.03. The van der Waals surface area contributed by atoms with Crippen molar-refractivity contribution >= 4 is 17.7 Å². The molecular formula is C14H20N2OS. The van der Waals surface area contributed by atoms with E-state index in [-0.39, 0.29) is 11.4 Å². The SMILES string of the molecule is CC1(NC(=O)CSc2ccccc2)CCNCC1. The molecule has 0 saturated carbocycles. The highest BCUT2D eigenvalue weighted by atomic mass is 32.2. The summed E-state index contributed by atoms with van der Waals surface area (Å²) in [6, 6.07) is 10.0. The van der Waals surface area contributed by atoms with Gasteiger partial charge in [-0.3, -0.25) is 4.79 Å². The highest BCUT2D eigenvalue weighted by Gasteiger charge is 2.27. The van der Waals surface area contributed by atoms with Crippen LogP contribution in [0.25, 0.3) is 0 Å². The maximum absolute atomic E-state index is 11.9. The predicted molar refractivity (Wildman–Crippen MR) is 75.8 cm³/mol. The highest BCUT2D eigenvalue weighted by molar-refractivity contribution is 8.00. The molecule has 2 N–H and O–H groups in total. The Morgan fingerprint density at radius 3 is 2.67 bits per heavy atom. The van der Waals surface area contributed by atoms with E-state index in [4.69, 9.17) is 0 Å². The van der Waals surface area contributed by atoms with Gasteiger partial charge in [0.15, 0.2) is 0 Å². The van der Waals surface area contributed by atoms with Gasteiger partial charge in [-0.2, -0.15) is 0 Å². The summed E-state index contributed by atoms with van der Waals surface area (Å²) in [7, 11) is 0. The number of carbonyl (C=O) groups excluding carboxylic acids is 1. The molecule has 1 amide bonds. The van der Waals surface area contributed by atoms with Gasteiger partial charge in [0.2, 0.25) is 5.91 Å². The van der Waals surface area contributed by atoms with Crippen LogP contribution < -0.4 is 10.6 Å². The van der Waals surface area contributed by atoms with E-state index >= 15 is 0 Å². The average molecular weight is 264 g/mol. The Morgan fingerprint density at radius 2 is 2.00 bits per heavy atom. The molecule has 98 valence electrons. The lowest BCUT2D eigenvalue weighted by Crippen LogP contribution is -2.52. The summed E-state index contributed by atoms with van der Waals surface area (Å²) in [5.74, 6) is 0.626. The van der Waals surface area contributed by atoms with Gasteiger partial charge >= 0.3 is 0 Å². The van der Waals surface area contributed by atoms with E-state index in [0.717, 1.165) is 30.8 Å². The lowest BCUT2D eigenvalue weighted by molar-refractivity contribution is -0.120. The lowest BCUT2D eigenvalue weighted by Gasteiger charge is -2.35. The lowest BCUT2D eigenvalue weighted by atomic mass is 9.91. The number of thioether (sulfide) groups is 1. The zero-order valence-corrected chi connectivity index (χ0v) is 11.6. The van der Waals surface area contributed by atoms with E-state index in [9.17, 15) is 4.79 Å². The normalized spacial score (nSPS) is 18.3. The van der Waals surface area contributed by atoms with Gasteiger partial charge < -0.3 is 10.6 Å². The average Bonchev–Trinajstić information content (AvgIpc) is 2.38. The van der Waals surface area contributed by atoms with Gasteiger partial charge in [-0.1, -0.05) is 18.2 Å². The summed E-state index contributed by atoms with van der Waals surface area (Å²) >= 11 is 1.59. The molecule has 4 heteroatoms. The van der Waals surface area contributed by atoms with Crippen molar-refractivity contribution in [2.24, 2.45) is 0 Å². The van der Waals surface area contributed by atoms with Crippen molar-refractivity contribution in [3.63, 3.8) is 0 Å². The van der Waals surface area contributed by atoms with Crippen molar-refractivity contribution < 1.29 is 4.79 Å². The van der Waals surface area contributed by atoms with Crippen molar-refractivity contribution in [3.05, 3.63) is 30.3 Å². The van der Waals surface area contributed by atoms with Crippen LogP contribution in [-0.2, 0) is 4.79 Å². The van der Waals surface area contributed by atoms with E-state index in [1.807, 2.05) is 30.3 Å². The Morgan fingerprint density at radius 1 is 1.33 bits per heavy atom. The predicted octanol–water partition coefficient (Wildman–Crippen LogP) is 2.04. The van der Waals surface area contributed by atoms with Gasteiger partial charge in [0.25, 0.3) is 0 Å². The zero-order chi connectivity index (χ0) is 12.8. The molecule has 1 heterocycles. The van der Waals surface area contributed by atoms with E-state index in [1.54, 1.807) is 11.8 Å². The van der Waals surface area contributed by atoms with Gasteiger partial charge in [-0.25, -0.2) is 0 Å². The largest absolute Gasteiger partial charge is 0.350 e. The fourth-order valence-electron chi connectivity index (χ4n) is 2.14. The minimum atomic E-state index is -0.0282. The number of piperidine rings is 1. The van der Waals surface area contributed by atoms with Crippen molar-refractivity contribution in [3.8, 4) is 0 Å². The van der Waals surface area contributed by atoms with E-state index in [1.165, 1.54) is 0 Å². The molecule has 1 fully saturated rings. The molecular weight excluding hydrogens is 244 g/mol. The van der Waals surface area contributed by atoms with Crippen LogP contribution >= 0.6 is 11.8 Å². The summed E-state index contributed by atoms with van der Waals surface area (Å²) < 4.78 is 0. The van der Waals surface area contributed by atoms with Gasteiger partial charge in [-0.05, 0) is 45.0 Å². The second-order valence-corrected chi connectivity index (χ2v) is 6.01. The number of hydrogen-bond donors (Lipinski definition) is 2. The Kier molecular flexibility index (Phi) is 4.66. The second-order valence-electron chi connectivity index (χ2n) is 4.96. The smallest absolute Gasteiger partial charge is 0.230 e. The molecule has 1 aromatic rings. The quantitative estimate of drug-likeness (QED) is 0.818. The molecule has 0 aliphatic carbocycles. The molecule has 0 aromatic heterocycles. The number of hydrogen-bond acceptors (Lipinski definition) is 3. The van der Waals surface area contributed by atoms with Gasteiger partial charge in [-0.15, -0.1) is 11.8 Å². The minimum Gasteiger partial charge on any atom is -0.350 e. The fourth-order valence-corrected chi connectivity index (χ4v) is 2.86. The fraction of sp³-hybridized carbons (Fsp3) is 0.500. The standard InChI is InChI=1S/C14H20N2OS/c1-14(7-9-15-10-8-14)16-13(17)11-18-12-5-3-2-4-6-12/h2-6,15H,7-11H2,1H3,(H,16,17). The first-order valence-electron chi connectivity index (χ1n) is 6.38. The summed E-state index contributed by atoms with van der Waals surface area (Å²) in [4.78, 5) is 13.1. The maximum atomic E-state index is 11.9. The Bertz CT molecular complexity index is 388. The van der Waals surface area contributed by atoms with Crippen LogP contribution in [0.1, 0.15) is 19.8 Å².